The lowest BCUT2D eigenvalue weighted by Crippen LogP contribution is -2.50. The average Bonchev–Trinajstić information content (AvgIpc) is 2.72. The molecule has 3 unspecified atom stereocenters. The molecular weight excluding hydrogens is 172 g/mol. The molecule has 2 aliphatic rings. The Morgan fingerprint density at radius 1 is 1.36 bits per heavy atom. The van der Waals surface area contributed by atoms with Crippen LogP contribution in [0.5, 0.6) is 0 Å². The predicted octanol–water partition coefficient (Wildman–Crippen LogP) is 1.83. The Morgan fingerprint density at radius 2 is 2.29 bits per heavy atom. The fourth-order valence-corrected chi connectivity index (χ4v) is 2.53. The molecule has 1 aliphatic carbocycles. The van der Waals surface area contributed by atoms with E-state index >= 15 is 0 Å². The van der Waals surface area contributed by atoms with E-state index in [4.69, 9.17) is 0 Å². The van der Waals surface area contributed by atoms with E-state index in [1.165, 1.54) is 38.6 Å². The average molecular weight is 194 g/mol. The summed E-state index contributed by atoms with van der Waals surface area (Å²) >= 11 is 0. The van der Waals surface area contributed by atoms with Crippen molar-refractivity contribution in [3.63, 3.8) is 0 Å². The van der Waals surface area contributed by atoms with Crippen LogP contribution in [0, 0.1) is 0 Å². The lowest BCUT2D eigenvalue weighted by Gasteiger charge is -2.31. The first-order valence-corrected chi connectivity index (χ1v) is 6.02. The fraction of sp³-hybridized carbons (Fsp3) is 0.833. The van der Waals surface area contributed by atoms with Crippen molar-refractivity contribution in [1.82, 2.24) is 10.6 Å². The molecule has 0 aromatic heterocycles. The van der Waals surface area contributed by atoms with Crippen molar-refractivity contribution >= 4 is 0 Å². The van der Waals surface area contributed by atoms with Crippen LogP contribution >= 0.6 is 0 Å². The molecule has 0 aromatic carbocycles. The van der Waals surface area contributed by atoms with E-state index < -0.39 is 0 Å². The molecule has 0 saturated carbocycles. The summed E-state index contributed by atoms with van der Waals surface area (Å²) in [5.74, 6) is 0. The highest BCUT2D eigenvalue weighted by Crippen LogP contribution is 2.14. The summed E-state index contributed by atoms with van der Waals surface area (Å²) in [6, 6.07) is 1.94. The lowest BCUT2D eigenvalue weighted by atomic mass is 9.98. The maximum absolute atomic E-state index is 3.70. The number of allylic oxidation sites excluding steroid dienone is 1. The largest absolute Gasteiger partial charge is 0.312 e. The van der Waals surface area contributed by atoms with Gasteiger partial charge in [-0.2, -0.15) is 0 Å². The molecule has 1 fully saturated rings. The van der Waals surface area contributed by atoms with Crippen LogP contribution in [0.15, 0.2) is 12.2 Å². The van der Waals surface area contributed by atoms with Gasteiger partial charge in [0.1, 0.15) is 0 Å². The van der Waals surface area contributed by atoms with Crippen LogP contribution in [-0.4, -0.2) is 24.7 Å². The molecule has 1 aliphatic heterocycles. The smallest absolute Gasteiger partial charge is 0.0256 e. The molecule has 0 bridgehead atoms. The summed E-state index contributed by atoms with van der Waals surface area (Å²) < 4.78 is 0. The van der Waals surface area contributed by atoms with Gasteiger partial charge >= 0.3 is 0 Å². The van der Waals surface area contributed by atoms with Crippen LogP contribution < -0.4 is 10.6 Å². The van der Waals surface area contributed by atoms with Gasteiger partial charge in [0.2, 0.25) is 0 Å². The molecule has 0 amide bonds. The molecule has 0 radical (unpaired) electrons. The normalized spacial score (nSPS) is 34.6. The Bertz CT molecular complexity index is 194. The Kier molecular flexibility index (Phi) is 3.60. The molecule has 2 rings (SSSR count). The zero-order valence-electron chi connectivity index (χ0n) is 9.13. The van der Waals surface area contributed by atoms with Gasteiger partial charge in [-0.05, 0) is 39.2 Å². The van der Waals surface area contributed by atoms with E-state index in [9.17, 15) is 0 Å². The van der Waals surface area contributed by atoms with Crippen molar-refractivity contribution in [2.24, 2.45) is 0 Å². The van der Waals surface area contributed by atoms with Gasteiger partial charge in [-0.15, -0.1) is 0 Å². The first kappa shape index (κ1) is 10.2. The summed E-state index contributed by atoms with van der Waals surface area (Å²) in [6.07, 6.45) is 11.2. The van der Waals surface area contributed by atoms with Gasteiger partial charge in [-0.25, -0.2) is 0 Å². The number of nitrogens with one attached hydrogen (secondary N) is 2. The van der Waals surface area contributed by atoms with Crippen molar-refractivity contribution in [3.05, 3.63) is 12.2 Å². The Hall–Kier alpha value is -0.340. The predicted molar refractivity (Wildman–Crippen MR) is 60.4 cm³/mol. The third-order valence-corrected chi connectivity index (χ3v) is 3.44. The van der Waals surface area contributed by atoms with Crippen LogP contribution in [0.3, 0.4) is 0 Å². The summed E-state index contributed by atoms with van der Waals surface area (Å²) in [4.78, 5) is 0. The number of hydrogen-bond donors (Lipinski definition) is 2. The monoisotopic (exact) mass is 194 g/mol. The third-order valence-electron chi connectivity index (χ3n) is 3.44. The van der Waals surface area contributed by atoms with Crippen molar-refractivity contribution < 1.29 is 0 Å². The summed E-state index contributed by atoms with van der Waals surface area (Å²) in [6.45, 7) is 3.52. The molecule has 2 N–H and O–H groups in total. The second-order valence-electron chi connectivity index (χ2n) is 4.62. The first-order valence-electron chi connectivity index (χ1n) is 6.02. The molecule has 14 heavy (non-hydrogen) atoms. The summed E-state index contributed by atoms with van der Waals surface area (Å²) in [5, 5.41) is 7.31. The van der Waals surface area contributed by atoms with Crippen molar-refractivity contribution in [2.45, 2.75) is 57.2 Å². The van der Waals surface area contributed by atoms with Crippen LogP contribution in [-0.2, 0) is 0 Å². The van der Waals surface area contributed by atoms with E-state index in [1.807, 2.05) is 0 Å². The first-order chi connectivity index (χ1) is 6.86. The lowest BCUT2D eigenvalue weighted by molar-refractivity contribution is 0.313. The van der Waals surface area contributed by atoms with Gasteiger partial charge < -0.3 is 10.6 Å². The van der Waals surface area contributed by atoms with Crippen molar-refractivity contribution in [2.75, 3.05) is 6.54 Å². The standard InChI is InChI=1S/C12H22N2/c1-10(12-8-4-5-9-13-12)14-11-6-2-3-7-11/h2,6,10-14H,3-5,7-9H2,1H3. The van der Waals surface area contributed by atoms with Gasteiger partial charge in [0.15, 0.2) is 0 Å². The van der Waals surface area contributed by atoms with Gasteiger partial charge in [0.25, 0.3) is 0 Å². The quantitative estimate of drug-likeness (QED) is 0.670. The maximum atomic E-state index is 3.70. The second-order valence-corrected chi connectivity index (χ2v) is 4.62. The maximum Gasteiger partial charge on any atom is 0.0256 e. The molecule has 0 spiro atoms. The minimum absolute atomic E-state index is 0.614. The topological polar surface area (TPSA) is 24.1 Å². The van der Waals surface area contributed by atoms with Gasteiger partial charge in [-0.3, -0.25) is 0 Å². The van der Waals surface area contributed by atoms with E-state index in [1.54, 1.807) is 0 Å². The molecule has 1 saturated heterocycles. The molecule has 2 heteroatoms. The van der Waals surface area contributed by atoms with Crippen molar-refractivity contribution in [3.8, 4) is 0 Å². The zero-order chi connectivity index (χ0) is 9.80. The SMILES string of the molecule is CC(NC1C=CCC1)C1CCCCN1. The van der Waals surface area contributed by atoms with Crippen LogP contribution in [0.2, 0.25) is 0 Å². The van der Waals surface area contributed by atoms with Crippen molar-refractivity contribution in [1.29, 1.82) is 0 Å². The molecule has 2 nitrogen and oxygen atoms in total. The molecule has 80 valence electrons. The molecule has 0 aromatic rings. The second kappa shape index (κ2) is 4.94. The Morgan fingerprint density at radius 3 is 2.93 bits per heavy atom. The van der Waals surface area contributed by atoms with E-state index in [-0.39, 0.29) is 0 Å². The van der Waals surface area contributed by atoms with E-state index in [2.05, 4.69) is 29.7 Å². The summed E-state index contributed by atoms with van der Waals surface area (Å²) in [7, 11) is 0. The third kappa shape index (κ3) is 2.58. The highest BCUT2D eigenvalue weighted by molar-refractivity contribution is 5.02. The van der Waals surface area contributed by atoms with Gasteiger partial charge in [0, 0.05) is 18.1 Å². The minimum Gasteiger partial charge on any atom is -0.312 e. The van der Waals surface area contributed by atoms with Gasteiger partial charge in [-0.1, -0.05) is 18.6 Å². The fourth-order valence-electron chi connectivity index (χ4n) is 2.53. The molecule has 1 heterocycles. The Labute approximate surface area is 87.2 Å². The summed E-state index contributed by atoms with van der Waals surface area (Å²) in [5.41, 5.74) is 0. The zero-order valence-corrected chi connectivity index (χ0v) is 9.13. The molecular formula is C12H22N2. The number of piperidine rings is 1. The van der Waals surface area contributed by atoms with Crippen LogP contribution in [0.25, 0.3) is 0 Å². The van der Waals surface area contributed by atoms with Gasteiger partial charge in [0.05, 0.1) is 0 Å². The van der Waals surface area contributed by atoms with Crippen LogP contribution in [0.1, 0.15) is 39.0 Å². The Balaban J connectivity index is 1.75. The highest BCUT2D eigenvalue weighted by Gasteiger charge is 2.21. The molecule has 3 atom stereocenters. The van der Waals surface area contributed by atoms with E-state index in [0.717, 1.165) is 0 Å². The highest BCUT2D eigenvalue weighted by atomic mass is 15.0. The number of rotatable bonds is 3. The minimum atomic E-state index is 0.614. The number of hydrogen-bond acceptors (Lipinski definition) is 2. The van der Waals surface area contributed by atoms with Crippen LogP contribution in [0.4, 0.5) is 0 Å². The van der Waals surface area contributed by atoms with E-state index in [0.29, 0.717) is 18.1 Å².